The van der Waals surface area contributed by atoms with Crippen LogP contribution >= 0.6 is 11.8 Å². The van der Waals surface area contributed by atoms with Gasteiger partial charge in [0, 0.05) is 18.8 Å². The van der Waals surface area contributed by atoms with E-state index in [0.717, 1.165) is 25.1 Å². The molecule has 0 atom stereocenters. The molecule has 5 heteroatoms. The summed E-state index contributed by atoms with van der Waals surface area (Å²) in [5, 5.41) is 0. The smallest absolute Gasteiger partial charge is 0.0934 e. The Morgan fingerprint density at radius 1 is 1.17 bits per heavy atom. The Bertz CT molecular complexity index is 504. The van der Waals surface area contributed by atoms with Gasteiger partial charge in [0.25, 0.3) is 0 Å². The van der Waals surface area contributed by atoms with Crippen molar-refractivity contribution in [1.29, 1.82) is 0 Å². The van der Waals surface area contributed by atoms with Gasteiger partial charge in [-0.25, -0.2) is 4.42 Å². The van der Waals surface area contributed by atoms with Gasteiger partial charge in [0.15, 0.2) is 0 Å². The summed E-state index contributed by atoms with van der Waals surface area (Å²) in [7, 11) is 0. The largest absolute Gasteiger partial charge is 0.398 e. The van der Waals surface area contributed by atoms with Gasteiger partial charge < -0.3 is 17.2 Å². The Morgan fingerprint density at radius 2 is 1.94 bits per heavy atom. The normalized spacial score (nSPS) is 16.2. The minimum atomic E-state index is 0.239. The summed E-state index contributed by atoms with van der Waals surface area (Å²) in [6, 6.07) is 6.18. The molecular weight excluding hydrogens is 248 g/mol. The Morgan fingerprint density at radius 3 is 2.67 bits per heavy atom. The molecule has 0 spiro atoms. The van der Waals surface area contributed by atoms with Gasteiger partial charge in [-0.3, -0.25) is 0 Å². The number of halogens is 1. The molecule has 0 amide bonds. The molecule has 2 rings (SSSR count). The van der Waals surface area contributed by atoms with Gasteiger partial charge in [-0.1, -0.05) is 12.1 Å². The highest BCUT2D eigenvalue weighted by Crippen LogP contribution is 2.23. The first-order valence-electron chi connectivity index (χ1n) is 5.77. The molecule has 1 aliphatic rings. The fraction of sp³-hybridized carbons (Fsp3) is 0.231. The van der Waals surface area contributed by atoms with Crippen LogP contribution in [-0.4, -0.2) is 11.0 Å². The maximum absolute atomic E-state index is 6.02. The molecule has 1 aliphatic heterocycles. The SMILES string of the molecule is NC(N)=C/C=C(\N)c1ccc2c(c1)CN(Cl)CC2. The zero-order chi connectivity index (χ0) is 13.1. The van der Waals surface area contributed by atoms with Gasteiger partial charge >= 0.3 is 0 Å². The molecule has 4 nitrogen and oxygen atoms in total. The van der Waals surface area contributed by atoms with Gasteiger partial charge in [-0.05, 0) is 53.1 Å². The topological polar surface area (TPSA) is 81.3 Å². The van der Waals surface area contributed by atoms with E-state index >= 15 is 0 Å². The van der Waals surface area contributed by atoms with Gasteiger partial charge in [0.2, 0.25) is 0 Å². The van der Waals surface area contributed by atoms with Crippen LogP contribution in [-0.2, 0) is 13.0 Å². The number of nitrogens with zero attached hydrogens (tertiary/aromatic N) is 1. The summed E-state index contributed by atoms with van der Waals surface area (Å²) in [5.74, 6) is 0.239. The van der Waals surface area contributed by atoms with Crippen LogP contribution in [0.5, 0.6) is 0 Å². The van der Waals surface area contributed by atoms with E-state index in [1.807, 2.05) is 6.07 Å². The molecule has 1 aromatic rings. The molecule has 0 unspecified atom stereocenters. The van der Waals surface area contributed by atoms with Crippen LogP contribution in [0.2, 0.25) is 0 Å². The van der Waals surface area contributed by atoms with Crippen molar-refractivity contribution in [2.24, 2.45) is 17.2 Å². The number of hydrogen-bond acceptors (Lipinski definition) is 4. The highest BCUT2D eigenvalue weighted by atomic mass is 35.5. The molecule has 0 radical (unpaired) electrons. The average molecular weight is 265 g/mol. The summed E-state index contributed by atoms with van der Waals surface area (Å²) >= 11 is 6.02. The summed E-state index contributed by atoms with van der Waals surface area (Å²) in [6.07, 6.45) is 4.26. The van der Waals surface area contributed by atoms with Crippen LogP contribution in [0.1, 0.15) is 16.7 Å². The van der Waals surface area contributed by atoms with Crippen LogP contribution < -0.4 is 17.2 Å². The van der Waals surface area contributed by atoms with E-state index in [2.05, 4.69) is 12.1 Å². The maximum Gasteiger partial charge on any atom is 0.0934 e. The summed E-state index contributed by atoms with van der Waals surface area (Å²) in [4.78, 5) is 0. The minimum absolute atomic E-state index is 0.239. The molecule has 18 heavy (non-hydrogen) atoms. The predicted molar refractivity (Wildman–Crippen MR) is 75.0 cm³/mol. The Labute approximate surface area is 112 Å². The van der Waals surface area contributed by atoms with Crippen LogP contribution in [0.3, 0.4) is 0 Å². The molecule has 1 heterocycles. The van der Waals surface area contributed by atoms with Crippen molar-refractivity contribution >= 4 is 17.5 Å². The third-order valence-corrected chi connectivity index (χ3v) is 3.25. The quantitative estimate of drug-likeness (QED) is 0.555. The summed E-state index contributed by atoms with van der Waals surface area (Å²) in [6.45, 7) is 1.62. The monoisotopic (exact) mass is 264 g/mol. The Hall–Kier alpha value is -1.65. The molecule has 0 aromatic heterocycles. The lowest BCUT2D eigenvalue weighted by molar-refractivity contribution is 0.429. The van der Waals surface area contributed by atoms with Crippen molar-refractivity contribution in [3.63, 3.8) is 0 Å². The first-order valence-corrected chi connectivity index (χ1v) is 6.11. The van der Waals surface area contributed by atoms with Crippen molar-refractivity contribution in [3.05, 3.63) is 52.9 Å². The zero-order valence-corrected chi connectivity index (χ0v) is 10.8. The molecular formula is C13H17ClN4. The first kappa shape index (κ1) is 12.8. The molecule has 6 N–H and O–H groups in total. The number of fused-ring (bicyclic) bond motifs is 1. The second-order valence-electron chi connectivity index (χ2n) is 4.37. The molecule has 1 aromatic carbocycles. The molecule has 96 valence electrons. The Balaban J connectivity index is 2.28. The number of rotatable bonds is 2. The maximum atomic E-state index is 6.02. The van der Waals surface area contributed by atoms with Crippen LogP contribution in [0.15, 0.2) is 36.2 Å². The third-order valence-electron chi connectivity index (χ3n) is 2.96. The molecule has 0 bridgehead atoms. The average Bonchev–Trinajstić information content (AvgIpc) is 2.34. The van der Waals surface area contributed by atoms with Crippen molar-refractivity contribution in [2.75, 3.05) is 6.54 Å². The second-order valence-corrected chi connectivity index (χ2v) is 4.84. The van der Waals surface area contributed by atoms with E-state index in [0.29, 0.717) is 5.70 Å². The number of nitrogens with two attached hydrogens (primary N) is 3. The molecule has 0 saturated heterocycles. The van der Waals surface area contributed by atoms with Gasteiger partial charge in [-0.2, -0.15) is 0 Å². The van der Waals surface area contributed by atoms with E-state index < -0.39 is 0 Å². The second kappa shape index (κ2) is 5.33. The third kappa shape index (κ3) is 2.97. The standard InChI is InChI=1S/C13H17ClN4/c14-18-6-5-9-1-2-10(7-11(9)8-18)12(15)3-4-13(16)17/h1-4,7H,5-6,8,15-17H2/b12-3-. The fourth-order valence-corrected chi connectivity index (χ4v) is 2.20. The zero-order valence-electron chi connectivity index (χ0n) is 10.1. The van der Waals surface area contributed by atoms with E-state index in [1.54, 1.807) is 16.6 Å². The molecule has 0 aliphatic carbocycles. The van der Waals surface area contributed by atoms with Gasteiger partial charge in [0.05, 0.1) is 5.82 Å². The van der Waals surface area contributed by atoms with Crippen molar-refractivity contribution in [1.82, 2.24) is 4.42 Å². The lowest BCUT2D eigenvalue weighted by atomic mass is 9.97. The van der Waals surface area contributed by atoms with Crippen molar-refractivity contribution in [2.45, 2.75) is 13.0 Å². The highest BCUT2D eigenvalue weighted by molar-refractivity contribution is 6.13. The first-order chi connectivity index (χ1) is 8.56. The van der Waals surface area contributed by atoms with Crippen molar-refractivity contribution < 1.29 is 0 Å². The molecule has 0 saturated carbocycles. The van der Waals surface area contributed by atoms with E-state index in [1.165, 1.54) is 11.1 Å². The highest BCUT2D eigenvalue weighted by Gasteiger charge is 2.14. The van der Waals surface area contributed by atoms with Crippen LogP contribution in [0, 0.1) is 0 Å². The van der Waals surface area contributed by atoms with E-state index in [9.17, 15) is 0 Å². The van der Waals surface area contributed by atoms with Crippen LogP contribution in [0.4, 0.5) is 0 Å². The predicted octanol–water partition coefficient (Wildman–Crippen LogP) is 1.26. The van der Waals surface area contributed by atoms with E-state index in [4.69, 9.17) is 29.0 Å². The summed E-state index contributed by atoms with van der Waals surface area (Å²) in [5.41, 5.74) is 20.8. The Kier molecular flexibility index (Phi) is 3.79. The summed E-state index contributed by atoms with van der Waals surface area (Å²) < 4.78 is 1.78. The van der Waals surface area contributed by atoms with Gasteiger partial charge in [-0.15, -0.1) is 0 Å². The fourth-order valence-electron chi connectivity index (χ4n) is 1.98. The lowest BCUT2D eigenvalue weighted by Gasteiger charge is -2.23. The lowest BCUT2D eigenvalue weighted by Crippen LogP contribution is -2.22. The number of hydrogen-bond donors (Lipinski definition) is 3. The van der Waals surface area contributed by atoms with Crippen molar-refractivity contribution in [3.8, 4) is 0 Å². The van der Waals surface area contributed by atoms with E-state index in [-0.39, 0.29) is 5.82 Å². The number of allylic oxidation sites excluding steroid dienone is 2. The van der Waals surface area contributed by atoms with Gasteiger partial charge in [0.1, 0.15) is 0 Å². The molecule has 0 fully saturated rings. The van der Waals surface area contributed by atoms with Crippen LogP contribution in [0.25, 0.3) is 5.70 Å². The number of benzene rings is 1. The minimum Gasteiger partial charge on any atom is -0.398 e.